The normalized spacial score (nSPS) is 12.3. The Labute approximate surface area is 108 Å². The second kappa shape index (κ2) is 6.36. The molecule has 18 heavy (non-hydrogen) atoms. The van der Waals surface area contributed by atoms with E-state index in [1.807, 2.05) is 20.8 Å². The molecular formula is C14H20FN3. The summed E-state index contributed by atoms with van der Waals surface area (Å²) in [6, 6.07) is 6.79. The van der Waals surface area contributed by atoms with Crippen LogP contribution in [-0.4, -0.2) is 12.6 Å². The quantitative estimate of drug-likeness (QED) is 0.872. The molecule has 4 heteroatoms. The Kier molecular flexibility index (Phi) is 5.11. The maximum atomic E-state index is 13.3. The van der Waals surface area contributed by atoms with E-state index in [4.69, 9.17) is 11.0 Å². The van der Waals surface area contributed by atoms with Gasteiger partial charge in [0.05, 0.1) is 12.5 Å². The first-order chi connectivity index (χ1) is 8.47. The van der Waals surface area contributed by atoms with E-state index in [0.29, 0.717) is 13.0 Å². The molecule has 1 atom stereocenters. The number of halogens is 1. The van der Waals surface area contributed by atoms with Gasteiger partial charge >= 0.3 is 0 Å². The number of rotatable bonds is 5. The zero-order valence-corrected chi connectivity index (χ0v) is 11.2. The highest BCUT2D eigenvalue weighted by atomic mass is 19.1. The molecule has 0 aliphatic heterocycles. The lowest BCUT2D eigenvalue weighted by Gasteiger charge is -2.31. The van der Waals surface area contributed by atoms with E-state index < -0.39 is 0 Å². The van der Waals surface area contributed by atoms with Gasteiger partial charge in [0.15, 0.2) is 0 Å². The minimum Gasteiger partial charge on any atom is -0.368 e. The molecule has 0 heterocycles. The predicted molar refractivity (Wildman–Crippen MR) is 71.7 cm³/mol. The Morgan fingerprint density at radius 1 is 1.39 bits per heavy atom. The molecule has 0 radical (unpaired) electrons. The van der Waals surface area contributed by atoms with Crippen molar-refractivity contribution < 1.29 is 4.39 Å². The standard InChI is InChI=1S/C14H20FN3/c1-10(2)18(8-4-7-16)14-6-5-12(15)9-13(14)11(3)17/h5-6,9-11H,4,8,17H2,1-3H3/t11-/m0/s1. The topological polar surface area (TPSA) is 53.0 Å². The highest BCUT2D eigenvalue weighted by Gasteiger charge is 2.16. The largest absolute Gasteiger partial charge is 0.368 e. The zero-order chi connectivity index (χ0) is 13.7. The van der Waals surface area contributed by atoms with E-state index in [2.05, 4.69) is 11.0 Å². The van der Waals surface area contributed by atoms with E-state index in [0.717, 1.165) is 11.3 Å². The van der Waals surface area contributed by atoms with E-state index >= 15 is 0 Å². The SMILES string of the molecule is CC(C)N(CCC#N)c1ccc(F)cc1[C@H](C)N. The van der Waals surface area contributed by atoms with Crippen LogP contribution in [0.2, 0.25) is 0 Å². The Morgan fingerprint density at radius 3 is 2.56 bits per heavy atom. The Hall–Kier alpha value is -1.60. The first-order valence-corrected chi connectivity index (χ1v) is 6.16. The van der Waals surface area contributed by atoms with Gasteiger partial charge in [0.2, 0.25) is 0 Å². The van der Waals surface area contributed by atoms with E-state index in [-0.39, 0.29) is 17.9 Å². The molecule has 3 nitrogen and oxygen atoms in total. The lowest BCUT2D eigenvalue weighted by molar-refractivity contribution is 0.618. The highest BCUT2D eigenvalue weighted by Crippen LogP contribution is 2.27. The van der Waals surface area contributed by atoms with Gasteiger partial charge in [0.25, 0.3) is 0 Å². The van der Waals surface area contributed by atoms with Gasteiger partial charge in [-0.05, 0) is 44.5 Å². The number of anilines is 1. The number of nitrogens with two attached hydrogens (primary N) is 1. The van der Waals surface area contributed by atoms with Crippen molar-refractivity contribution in [2.75, 3.05) is 11.4 Å². The molecule has 0 saturated carbocycles. The summed E-state index contributed by atoms with van der Waals surface area (Å²) in [7, 11) is 0. The molecule has 0 aromatic heterocycles. The molecule has 2 N–H and O–H groups in total. The van der Waals surface area contributed by atoms with Crippen LogP contribution >= 0.6 is 0 Å². The van der Waals surface area contributed by atoms with E-state index in [9.17, 15) is 4.39 Å². The molecule has 0 aliphatic carbocycles. The molecule has 0 fully saturated rings. The third-order valence-electron chi connectivity index (χ3n) is 2.88. The van der Waals surface area contributed by atoms with Crippen molar-refractivity contribution in [2.24, 2.45) is 5.73 Å². The van der Waals surface area contributed by atoms with Gasteiger partial charge in [0.1, 0.15) is 5.82 Å². The fourth-order valence-electron chi connectivity index (χ4n) is 1.98. The van der Waals surface area contributed by atoms with Crippen molar-refractivity contribution in [1.82, 2.24) is 0 Å². The molecule has 0 amide bonds. The van der Waals surface area contributed by atoms with Crippen molar-refractivity contribution in [2.45, 2.75) is 39.3 Å². The molecular weight excluding hydrogens is 229 g/mol. The van der Waals surface area contributed by atoms with Crippen LogP contribution in [0.5, 0.6) is 0 Å². The number of hydrogen-bond acceptors (Lipinski definition) is 3. The van der Waals surface area contributed by atoms with Crippen LogP contribution in [-0.2, 0) is 0 Å². The van der Waals surface area contributed by atoms with Crippen molar-refractivity contribution in [3.8, 4) is 6.07 Å². The van der Waals surface area contributed by atoms with Crippen molar-refractivity contribution in [3.63, 3.8) is 0 Å². The van der Waals surface area contributed by atoms with Crippen molar-refractivity contribution >= 4 is 5.69 Å². The molecule has 1 rings (SSSR count). The summed E-state index contributed by atoms with van der Waals surface area (Å²) in [5.74, 6) is -0.282. The van der Waals surface area contributed by atoms with E-state index in [1.165, 1.54) is 12.1 Å². The van der Waals surface area contributed by atoms with Crippen LogP contribution in [0.15, 0.2) is 18.2 Å². The fourth-order valence-corrected chi connectivity index (χ4v) is 1.98. The van der Waals surface area contributed by atoms with Gasteiger partial charge in [-0.1, -0.05) is 0 Å². The summed E-state index contributed by atoms with van der Waals surface area (Å²) >= 11 is 0. The monoisotopic (exact) mass is 249 g/mol. The summed E-state index contributed by atoms with van der Waals surface area (Å²) in [5, 5.41) is 8.71. The first-order valence-electron chi connectivity index (χ1n) is 6.16. The maximum Gasteiger partial charge on any atom is 0.123 e. The Balaban J connectivity index is 3.15. The lowest BCUT2D eigenvalue weighted by Crippen LogP contribution is -2.33. The number of hydrogen-bond donors (Lipinski definition) is 1. The fraction of sp³-hybridized carbons (Fsp3) is 0.500. The van der Waals surface area contributed by atoms with Crippen LogP contribution in [0.4, 0.5) is 10.1 Å². The third kappa shape index (κ3) is 3.44. The molecule has 98 valence electrons. The average molecular weight is 249 g/mol. The second-order valence-corrected chi connectivity index (χ2v) is 4.69. The number of nitrogens with zero attached hydrogens (tertiary/aromatic N) is 2. The molecule has 0 saturated heterocycles. The summed E-state index contributed by atoms with van der Waals surface area (Å²) in [6.07, 6.45) is 0.438. The lowest BCUT2D eigenvalue weighted by atomic mass is 10.0. The maximum absolute atomic E-state index is 13.3. The van der Waals surface area contributed by atoms with E-state index in [1.54, 1.807) is 6.07 Å². The zero-order valence-electron chi connectivity index (χ0n) is 11.2. The van der Waals surface area contributed by atoms with Gasteiger partial charge in [0, 0.05) is 24.3 Å². The van der Waals surface area contributed by atoms with Crippen LogP contribution in [0.1, 0.15) is 38.8 Å². The highest BCUT2D eigenvalue weighted by molar-refractivity contribution is 5.55. The summed E-state index contributed by atoms with van der Waals surface area (Å²) < 4.78 is 13.3. The van der Waals surface area contributed by atoms with Gasteiger partial charge in [-0.2, -0.15) is 5.26 Å². The van der Waals surface area contributed by atoms with Gasteiger partial charge in [-0.3, -0.25) is 0 Å². The molecule has 1 aromatic carbocycles. The Bertz CT molecular complexity index is 435. The second-order valence-electron chi connectivity index (χ2n) is 4.69. The van der Waals surface area contributed by atoms with Crippen molar-refractivity contribution in [3.05, 3.63) is 29.6 Å². The number of nitriles is 1. The van der Waals surface area contributed by atoms with Gasteiger partial charge in [-0.15, -0.1) is 0 Å². The molecule has 0 unspecified atom stereocenters. The molecule has 0 bridgehead atoms. The van der Waals surface area contributed by atoms with Crippen LogP contribution < -0.4 is 10.6 Å². The van der Waals surface area contributed by atoms with Gasteiger partial charge in [-0.25, -0.2) is 4.39 Å². The summed E-state index contributed by atoms with van der Waals surface area (Å²) in [4.78, 5) is 2.08. The summed E-state index contributed by atoms with van der Waals surface area (Å²) in [6.45, 7) is 6.55. The van der Waals surface area contributed by atoms with Gasteiger partial charge < -0.3 is 10.6 Å². The Morgan fingerprint density at radius 2 is 2.06 bits per heavy atom. The first kappa shape index (κ1) is 14.5. The van der Waals surface area contributed by atoms with Crippen molar-refractivity contribution in [1.29, 1.82) is 5.26 Å². The predicted octanol–water partition coefficient (Wildman–Crippen LogP) is 2.97. The average Bonchev–Trinajstić information content (AvgIpc) is 2.30. The minimum absolute atomic E-state index is 0.237. The van der Waals surface area contributed by atoms with Crippen LogP contribution in [0.3, 0.4) is 0 Å². The molecule has 1 aromatic rings. The van der Waals surface area contributed by atoms with Crippen LogP contribution in [0.25, 0.3) is 0 Å². The third-order valence-corrected chi connectivity index (χ3v) is 2.88. The molecule has 0 spiro atoms. The summed E-state index contributed by atoms with van der Waals surface area (Å²) in [5.41, 5.74) is 7.58. The molecule has 0 aliphatic rings. The van der Waals surface area contributed by atoms with Crippen LogP contribution in [0, 0.1) is 17.1 Å². The number of benzene rings is 1. The minimum atomic E-state index is -0.282. The smallest absolute Gasteiger partial charge is 0.123 e.